The average molecular weight is 208 g/mol. The predicted octanol–water partition coefficient (Wildman–Crippen LogP) is -0.352. The van der Waals surface area contributed by atoms with Crippen molar-refractivity contribution >= 4 is 18.6 Å². The van der Waals surface area contributed by atoms with Crippen molar-refractivity contribution in [2.45, 2.75) is 0 Å². The van der Waals surface area contributed by atoms with Crippen LogP contribution in [0.15, 0.2) is 11.4 Å². The first-order valence-electron chi connectivity index (χ1n) is 3.51. The van der Waals surface area contributed by atoms with Gasteiger partial charge in [0.2, 0.25) is 0 Å². The lowest BCUT2D eigenvalue weighted by molar-refractivity contribution is 0.270. The van der Waals surface area contributed by atoms with Crippen LogP contribution in [0.3, 0.4) is 0 Å². The Bertz CT molecular complexity index is 120. The van der Waals surface area contributed by atoms with Crippen LogP contribution in [0.25, 0.3) is 0 Å². The molecule has 12 heavy (non-hydrogen) atoms. The van der Waals surface area contributed by atoms with Gasteiger partial charge in [-0.2, -0.15) is 0 Å². The van der Waals surface area contributed by atoms with Gasteiger partial charge in [0.1, 0.15) is 0 Å². The van der Waals surface area contributed by atoms with Crippen LogP contribution in [0.4, 0.5) is 0 Å². The summed E-state index contributed by atoms with van der Waals surface area (Å²) in [5.41, 5.74) is 0. The van der Waals surface area contributed by atoms with E-state index in [-0.39, 0.29) is 0 Å². The molecule has 0 atom stereocenters. The monoisotopic (exact) mass is 208 g/mol. The molecule has 0 spiro atoms. The lowest BCUT2D eigenvalue weighted by Gasteiger charge is -2.18. The van der Waals surface area contributed by atoms with Gasteiger partial charge in [0.25, 0.3) is 0 Å². The van der Waals surface area contributed by atoms with Crippen LogP contribution in [0, 0.1) is 0 Å². The van der Waals surface area contributed by atoms with E-state index in [0.717, 1.165) is 4.82 Å². The van der Waals surface area contributed by atoms with Gasteiger partial charge in [-0.25, -0.2) is 0 Å². The second-order valence-corrected chi connectivity index (χ2v) is 7.54. The highest BCUT2D eigenvalue weighted by molar-refractivity contribution is 6.77. The molecule has 0 aromatic carbocycles. The second-order valence-electron chi connectivity index (χ2n) is 2.18. The van der Waals surface area contributed by atoms with Crippen molar-refractivity contribution in [3.05, 3.63) is 11.4 Å². The van der Waals surface area contributed by atoms with Crippen molar-refractivity contribution in [2.24, 2.45) is 0 Å². The molecule has 0 aliphatic carbocycles. The summed E-state index contributed by atoms with van der Waals surface area (Å²) in [7, 11) is 2.93. The zero-order chi connectivity index (χ0) is 9.56. The molecule has 0 aromatic rings. The molecule has 6 heteroatoms. The van der Waals surface area contributed by atoms with Gasteiger partial charge < -0.3 is 17.7 Å². The second kappa shape index (κ2) is 6.52. The average Bonchev–Trinajstić information content (AvgIpc) is 2.09. The summed E-state index contributed by atoms with van der Waals surface area (Å²) in [5, 5.41) is 0. The Morgan fingerprint density at radius 1 is 0.833 bits per heavy atom. The zero-order valence-corrected chi connectivity index (χ0v) is 10.3. The molecule has 4 nitrogen and oxygen atoms in total. The molecule has 0 bridgehead atoms. The van der Waals surface area contributed by atoms with Crippen LogP contribution in [0.5, 0.6) is 0 Å². The fraction of sp³-hybridized carbons (Fsp3) is 0.667. The minimum Gasteiger partial charge on any atom is -0.397 e. The van der Waals surface area contributed by atoms with Gasteiger partial charge in [0.15, 0.2) is 0 Å². The minimum atomic E-state index is -1.76. The molecule has 0 N–H and O–H groups in total. The molecular weight excluding hydrogens is 192 g/mol. The Balaban J connectivity index is 4.12. The highest BCUT2D eigenvalue weighted by atomic mass is 28.4. The summed E-state index contributed by atoms with van der Waals surface area (Å²) in [4.78, 5) is 0.880. The molecule has 0 amide bonds. The zero-order valence-electron chi connectivity index (χ0n) is 7.99. The number of rotatable bonds is 6. The van der Waals surface area contributed by atoms with Crippen LogP contribution < -0.4 is 0 Å². The lowest BCUT2D eigenvalue weighted by atomic mass is 11.2. The van der Waals surface area contributed by atoms with E-state index < -0.39 is 18.6 Å². The SMILES string of the molecule is C=C([SiH](OC)OC)[SiH](OC)OC. The smallest absolute Gasteiger partial charge is 0.350 e. The summed E-state index contributed by atoms with van der Waals surface area (Å²) in [5.74, 6) is 0. The predicted molar refractivity (Wildman–Crippen MR) is 51.5 cm³/mol. The van der Waals surface area contributed by atoms with Crippen molar-refractivity contribution in [1.29, 1.82) is 0 Å². The molecule has 0 saturated heterocycles. The molecule has 0 aliphatic rings. The van der Waals surface area contributed by atoms with Crippen molar-refractivity contribution in [1.82, 2.24) is 0 Å². The topological polar surface area (TPSA) is 36.9 Å². The van der Waals surface area contributed by atoms with Crippen molar-refractivity contribution < 1.29 is 17.7 Å². The maximum atomic E-state index is 5.14. The summed E-state index contributed by atoms with van der Waals surface area (Å²) in [6, 6.07) is 0. The number of hydrogen-bond donors (Lipinski definition) is 0. The maximum absolute atomic E-state index is 5.14. The molecule has 72 valence electrons. The Kier molecular flexibility index (Phi) is 6.53. The largest absolute Gasteiger partial charge is 0.397 e. The van der Waals surface area contributed by atoms with Gasteiger partial charge in [-0.15, -0.1) is 0 Å². The summed E-state index contributed by atoms with van der Waals surface area (Å²) >= 11 is 0. The van der Waals surface area contributed by atoms with E-state index >= 15 is 0 Å². The fourth-order valence-electron chi connectivity index (χ4n) is 0.909. The third-order valence-corrected chi connectivity index (χ3v) is 6.02. The molecule has 0 radical (unpaired) electrons. The first-order valence-corrected chi connectivity index (χ1v) is 6.55. The normalized spacial score (nSPS) is 11.2. The van der Waals surface area contributed by atoms with E-state index in [1.807, 2.05) is 0 Å². The molecule has 0 saturated carbocycles. The first kappa shape index (κ1) is 12.0. The van der Waals surface area contributed by atoms with E-state index in [1.54, 1.807) is 28.4 Å². The maximum Gasteiger partial charge on any atom is 0.350 e. The molecule has 0 fully saturated rings. The Morgan fingerprint density at radius 2 is 1.08 bits per heavy atom. The van der Waals surface area contributed by atoms with Gasteiger partial charge in [0.05, 0.1) is 0 Å². The lowest BCUT2D eigenvalue weighted by Crippen LogP contribution is -2.35. The summed E-state index contributed by atoms with van der Waals surface area (Å²) in [6.45, 7) is 3.86. The van der Waals surface area contributed by atoms with Crippen LogP contribution in [-0.4, -0.2) is 47.0 Å². The van der Waals surface area contributed by atoms with Gasteiger partial charge >= 0.3 is 18.6 Å². The van der Waals surface area contributed by atoms with Crippen LogP contribution in [0.1, 0.15) is 0 Å². The molecule has 0 unspecified atom stereocenters. The molecule has 0 aromatic heterocycles. The van der Waals surface area contributed by atoms with Crippen LogP contribution in [-0.2, 0) is 17.7 Å². The van der Waals surface area contributed by atoms with Crippen molar-refractivity contribution in [3.63, 3.8) is 0 Å². The third kappa shape index (κ3) is 3.17. The first-order chi connectivity index (χ1) is 5.71. The molecular formula is C6H16O4Si2. The van der Waals surface area contributed by atoms with Gasteiger partial charge in [-0.3, -0.25) is 0 Å². The Hall–Kier alpha value is 0.0138. The quantitative estimate of drug-likeness (QED) is 0.559. The van der Waals surface area contributed by atoms with E-state index in [0.29, 0.717) is 0 Å². The van der Waals surface area contributed by atoms with Crippen molar-refractivity contribution in [3.8, 4) is 0 Å². The minimum absolute atomic E-state index is 0.880. The highest BCUT2D eigenvalue weighted by Crippen LogP contribution is 2.05. The number of hydrogen-bond acceptors (Lipinski definition) is 4. The van der Waals surface area contributed by atoms with E-state index in [2.05, 4.69) is 6.58 Å². The molecule has 0 aliphatic heterocycles. The molecule has 0 rings (SSSR count). The fourth-order valence-corrected chi connectivity index (χ4v) is 5.03. The Labute approximate surface area is 76.8 Å². The van der Waals surface area contributed by atoms with Crippen LogP contribution >= 0.6 is 0 Å². The van der Waals surface area contributed by atoms with Crippen LogP contribution in [0.2, 0.25) is 0 Å². The summed E-state index contributed by atoms with van der Waals surface area (Å²) < 4.78 is 20.6. The van der Waals surface area contributed by atoms with Gasteiger partial charge in [-0.1, -0.05) is 6.58 Å². The van der Waals surface area contributed by atoms with E-state index in [1.165, 1.54) is 0 Å². The molecule has 0 heterocycles. The van der Waals surface area contributed by atoms with E-state index in [4.69, 9.17) is 17.7 Å². The van der Waals surface area contributed by atoms with Gasteiger partial charge in [0, 0.05) is 33.3 Å². The van der Waals surface area contributed by atoms with Gasteiger partial charge in [-0.05, 0) is 0 Å². The Morgan fingerprint density at radius 3 is 1.25 bits per heavy atom. The standard InChI is InChI=1S/C6H16O4Si2/c1-6(11(7-2)8-3)12(9-4)10-5/h11-12H,1H2,2-5H3. The van der Waals surface area contributed by atoms with Crippen molar-refractivity contribution in [2.75, 3.05) is 28.4 Å². The highest BCUT2D eigenvalue weighted by Gasteiger charge is 2.25. The third-order valence-electron chi connectivity index (χ3n) is 1.46. The summed E-state index contributed by atoms with van der Waals surface area (Å²) in [6.07, 6.45) is 0. The van der Waals surface area contributed by atoms with E-state index in [9.17, 15) is 0 Å².